The van der Waals surface area contributed by atoms with Crippen LogP contribution in [0.4, 0.5) is 11.5 Å². The van der Waals surface area contributed by atoms with E-state index >= 15 is 0 Å². The minimum absolute atomic E-state index is 0.108. The van der Waals surface area contributed by atoms with Gasteiger partial charge >= 0.3 is 0 Å². The largest absolute Gasteiger partial charge is 0.340 e. The van der Waals surface area contributed by atoms with E-state index in [1.165, 1.54) is 0 Å². The molecule has 3 rings (SSSR count). The summed E-state index contributed by atoms with van der Waals surface area (Å²) < 4.78 is 0. The molecule has 0 unspecified atom stereocenters. The maximum atomic E-state index is 12.6. The summed E-state index contributed by atoms with van der Waals surface area (Å²) in [5.41, 5.74) is 0.736. The Morgan fingerprint density at radius 1 is 1.42 bits per heavy atom. The van der Waals surface area contributed by atoms with Gasteiger partial charge in [-0.2, -0.15) is 4.98 Å². The van der Waals surface area contributed by atoms with Gasteiger partial charge in [-0.3, -0.25) is 4.79 Å². The van der Waals surface area contributed by atoms with Gasteiger partial charge in [0.25, 0.3) is 0 Å². The van der Waals surface area contributed by atoms with Gasteiger partial charge in [0.05, 0.1) is 6.20 Å². The summed E-state index contributed by atoms with van der Waals surface area (Å²) in [6, 6.07) is 0.0939. The molecule has 0 N–H and O–H groups in total. The van der Waals surface area contributed by atoms with Crippen LogP contribution in [0.2, 0.25) is 5.28 Å². The molecule has 102 valence electrons. The highest BCUT2D eigenvalue weighted by atomic mass is 35.5. The summed E-state index contributed by atoms with van der Waals surface area (Å²) in [5, 5.41) is 0.224. The molecule has 1 atom stereocenters. The summed E-state index contributed by atoms with van der Waals surface area (Å²) in [6.07, 6.45) is 3.85. The first-order valence-electron chi connectivity index (χ1n) is 6.59. The molecule has 2 aliphatic rings. The zero-order valence-electron chi connectivity index (χ0n) is 11.3. The first-order chi connectivity index (χ1) is 9.00. The number of carbonyl (C=O) groups is 1. The van der Waals surface area contributed by atoms with Crippen molar-refractivity contribution in [3.63, 3.8) is 0 Å². The van der Waals surface area contributed by atoms with Crippen LogP contribution in [0.3, 0.4) is 0 Å². The Morgan fingerprint density at radius 2 is 2.11 bits per heavy atom. The number of nitrogens with zero attached hydrogens (tertiary/aromatic N) is 4. The average molecular weight is 281 g/mol. The molecule has 2 heterocycles. The molecule has 19 heavy (non-hydrogen) atoms. The van der Waals surface area contributed by atoms with Gasteiger partial charge in [-0.1, -0.05) is 0 Å². The molecule has 5 nitrogen and oxygen atoms in total. The molecule has 1 amide bonds. The summed E-state index contributed by atoms with van der Waals surface area (Å²) in [6.45, 7) is 4.15. The predicted octanol–water partition coefficient (Wildman–Crippen LogP) is 2.10. The van der Waals surface area contributed by atoms with Crippen molar-refractivity contribution in [2.24, 2.45) is 5.92 Å². The fraction of sp³-hybridized carbons (Fsp3) is 0.615. The van der Waals surface area contributed by atoms with Crippen LogP contribution in [-0.4, -0.2) is 35.0 Å². The minimum atomic E-state index is -0.108. The van der Waals surface area contributed by atoms with E-state index in [2.05, 4.69) is 28.7 Å². The lowest BCUT2D eigenvalue weighted by atomic mass is 10.0. The van der Waals surface area contributed by atoms with Crippen LogP contribution in [0.1, 0.15) is 26.7 Å². The number of hydrogen-bond donors (Lipinski definition) is 0. The van der Waals surface area contributed by atoms with Gasteiger partial charge in [0.1, 0.15) is 11.7 Å². The van der Waals surface area contributed by atoms with Crippen LogP contribution < -0.4 is 9.80 Å². The third-order valence-electron chi connectivity index (χ3n) is 3.83. The van der Waals surface area contributed by atoms with Crippen LogP contribution in [0.25, 0.3) is 0 Å². The molecular formula is C13H17ClN4O. The van der Waals surface area contributed by atoms with Crippen LogP contribution in [0.15, 0.2) is 6.20 Å². The number of halogens is 1. The second kappa shape index (κ2) is 4.34. The van der Waals surface area contributed by atoms with Crippen LogP contribution >= 0.6 is 11.6 Å². The van der Waals surface area contributed by atoms with E-state index in [-0.39, 0.29) is 23.3 Å². The number of anilines is 2. The Morgan fingerprint density at radius 3 is 2.68 bits per heavy atom. The van der Waals surface area contributed by atoms with Crippen molar-refractivity contribution in [3.8, 4) is 0 Å². The Hall–Kier alpha value is -1.36. The molecule has 0 bridgehead atoms. The first kappa shape index (κ1) is 12.7. The molecule has 1 aromatic rings. The molecule has 1 aliphatic heterocycles. The Bertz CT molecular complexity index is 529. The lowest BCUT2D eigenvalue weighted by molar-refractivity contribution is -0.120. The Labute approximate surface area is 117 Å². The van der Waals surface area contributed by atoms with Gasteiger partial charge in [0.15, 0.2) is 5.82 Å². The summed E-state index contributed by atoms with van der Waals surface area (Å²) >= 11 is 5.92. The van der Waals surface area contributed by atoms with Crippen molar-refractivity contribution < 1.29 is 4.79 Å². The standard InChI is InChI=1S/C13H17ClN4O/c1-7(2)18-10(8-4-5-8)12(19)17(3)9-6-15-13(14)16-11(9)18/h6-8,10H,4-5H2,1-3H3/t10-/m1/s1. The van der Waals surface area contributed by atoms with Crippen molar-refractivity contribution in [1.82, 2.24) is 9.97 Å². The number of rotatable bonds is 2. The molecule has 1 aromatic heterocycles. The normalized spacial score (nSPS) is 23.0. The Balaban J connectivity index is 2.14. The van der Waals surface area contributed by atoms with E-state index in [4.69, 9.17) is 11.6 Å². The quantitative estimate of drug-likeness (QED) is 0.779. The molecule has 6 heteroatoms. The first-order valence-corrected chi connectivity index (χ1v) is 6.97. The molecule has 0 spiro atoms. The van der Waals surface area contributed by atoms with Crippen LogP contribution in [0, 0.1) is 5.92 Å². The third kappa shape index (κ3) is 1.96. The molecule has 1 fully saturated rings. The molecule has 0 aromatic carbocycles. The van der Waals surface area contributed by atoms with Crippen molar-refractivity contribution in [2.75, 3.05) is 16.8 Å². The van der Waals surface area contributed by atoms with Crippen molar-refractivity contribution >= 4 is 29.0 Å². The maximum absolute atomic E-state index is 12.6. The van der Waals surface area contributed by atoms with E-state index in [0.29, 0.717) is 5.92 Å². The highest BCUT2D eigenvalue weighted by molar-refractivity contribution is 6.28. The number of hydrogen-bond acceptors (Lipinski definition) is 4. The van der Waals surface area contributed by atoms with Crippen molar-refractivity contribution in [2.45, 2.75) is 38.8 Å². The van der Waals surface area contributed by atoms with Gasteiger partial charge in [0.2, 0.25) is 11.2 Å². The molecule has 1 saturated carbocycles. The second-order valence-electron chi connectivity index (χ2n) is 5.53. The Kier molecular flexibility index (Phi) is 2.89. The topological polar surface area (TPSA) is 49.3 Å². The monoisotopic (exact) mass is 280 g/mol. The lowest BCUT2D eigenvalue weighted by Gasteiger charge is -2.43. The summed E-state index contributed by atoms with van der Waals surface area (Å²) in [5.74, 6) is 1.35. The van der Waals surface area contributed by atoms with Gasteiger partial charge in [-0.15, -0.1) is 0 Å². The van der Waals surface area contributed by atoms with Gasteiger partial charge in [0, 0.05) is 13.1 Å². The SMILES string of the molecule is CC(C)N1c2nc(Cl)ncc2N(C)C(=O)[C@H]1C1CC1. The van der Waals surface area contributed by atoms with Gasteiger partial charge < -0.3 is 9.80 Å². The van der Waals surface area contributed by atoms with E-state index in [9.17, 15) is 4.79 Å². The average Bonchev–Trinajstić information content (AvgIpc) is 3.16. The predicted molar refractivity (Wildman–Crippen MR) is 74.6 cm³/mol. The fourth-order valence-corrected chi connectivity index (χ4v) is 2.88. The van der Waals surface area contributed by atoms with Gasteiger partial charge in [-0.05, 0) is 44.2 Å². The molecule has 1 aliphatic carbocycles. The number of aromatic nitrogens is 2. The van der Waals surface area contributed by atoms with E-state index < -0.39 is 0 Å². The van der Waals surface area contributed by atoms with E-state index in [1.54, 1.807) is 18.1 Å². The van der Waals surface area contributed by atoms with Crippen molar-refractivity contribution in [1.29, 1.82) is 0 Å². The van der Waals surface area contributed by atoms with E-state index in [0.717, 1.165) is 24.3 Å². The number of carbonyl (C=O) groups excluding carboxylic acids is 1. The summed E-state index contributed by atoms with van der Waals surface area (Å²) in [7, 11) is 1.78. The zero-order valence-corrected chi connectivity index (χ0v) is 12.1. The number of fused-ring (bicyclic) bond motifs is 1. The van der Waals surface area contributed by atoms with Crippen LogP contribution in [0.5, 0.6) is 0 Å². The molecule has 0 radical (unpaired) electrons. The second-order valence-corrected chi connectivity index (χ2v) is 5.87. The van der Waals surface area contributed by atoms with Crippen molar-refractivity contribution in [3.05, 3.63) is 11.5 Å². The van der Waals surface area contributed by atoms with Crippen LogP contribution in [-0.2, 0) is 4.79 Å². The maximum Gasteiger partial charge on any atom is 0.249 e. The van der Waals surface area contributed by atoms with Gasteiger partial charge in [-0.25, -0.2) is 4.98 Å². The number of amides is 1. The van der Waals surface area contributed by atoms with E-state index in [1.807, 2.05) is 0 Å². The minimum Gasteiger partial charge on any atom is -0.340 e. The lowest BCUT2D eigenvalue weighted by Crippen LogP contribution is -2.56. The summed E-state index contributed by atoms with van der Waals surface area (Å²) in [4.78, 5) is 24.7. The third-order valence-corrected chi connectivity index (χ3v) is 4.02. The smallest absolute Gasteiger partial charge is 0.249 e. The zero-order chi connectivity index (χ0) is 13.7. The fourth-order valence-electron chi connectivity index (χ4n) is 2.75. The molecule has 0 saturated heterocycles. The molecular weight excluding hydrogens is 264 g/mol. The highest BCUT2D eigenvalue weighted by Gasteiger charge is 2.47. The number of likely N-dealkylation sites (N-methyl/N-ethyl adjacent to an activating group) is 1. The highest BCUT2D eigenvalue weighted by Crippen LogP contribution is 2.44.